The lowest BCUT2D eigenvalue weighted by Crippen LogP contribution is -2.25. The summed E-state index contributed by atoms with van der Waals surface area (Å²) in [4.78, 5) is 17.5. The van der Waals surface area contributed by atoms with Crippen molar-refractivity contribution in [1.29, 1.82) is 0 Å². The van der Waals surface area contributed by atoms with Crippen LogP contribution in [0.3, 0.4) is 0 Å². The molecule has 1 aliphatic rings. The quantitative estimate of drug-likeness (QED) is 0.362. The number of methoxy groups -OCH3 is 2. The number of ether oxygens (including phenoxy) is 3. The van der Waals surface area contributed by atoms with Crippen molar-refractivity contribution in [3.63, 3.8) is 0 Å². The Hall–Kier alpha value is -4.73. The van der Waals surface area contributed by atoms with Gasteiger partial charge in [0.1, 0.15) is 18.2 Å². The largest absolute Gasteiger partial charge is 0.497 e. The van der Waals surface area contributed by atoms with Crippen LogP contribution in [0.5, 0.6) is 17.2 Å². The third-order valence-electron chi connectivity index (χ3n) is 6.17. The maximum absolute atomic E-state index is 12.8. The molecule has 0 aliphatic carbocycles. The zero-order valence-corrected chi connectivity index (χ0v) is 20.8. The lowest BCUT2D eigenvalue weighted by molar-refractivity contribution is -0.116. The van der Waals surface area contributed by atoms with E-state index in [2.05, 4.69) is 32.2 Å². The molecule has 10 heteroatoms. The van der Waals surface area contributed by atoms with E-state index in [-0.39, 0.29) is 24.2 Å². The van der Waals surface area contributed by atoms with E-state index in [4.69, 9.17) is 14.2 Å². The minimum Gasteiger partial charge on any atom is -0.497 e. The first-order valence-corrected chi connectivity index (χ1v) is 11.7. The summed E-state index contributed by atoms with van der Waals surface area (Å²) in [6, 6.07) is 13.2. The van der Waals surface area contributed by atoms with Crippen molar-refractivity contribution in [2.24, 2.45) is 0 Å². The fourth-order valence-electron chi connectivity index (χ4n) is 4.43. The van der Waals surface area contributed by atoms with Gasteiger partial charge in [0.15, 0.2) is 11.5 Å². The minimum absolute atomic E-state index is 0.137. The molecule has 5 rings (SSSR count). The van der Waals surface area contributed by atoms with Gasteiger partial charge in [0.25, 0.3) is 5.95 Å². The molecule has 188 valence electrons. The third kappa shape index (κ3) is 4.61. The molecule has 0 saturated carbocycles. The van der Waals surface area contributed by atoms with Gasteiger partial charge in [0.2, 0.25) is 5.91 Å². The highest BCUT2D eigenvalue weighted by molar-refractivity contribution is 5.95. The second kappa shape index (κ2) is 10.1. The van der Waals surface area contributed by atoms with Gasteiger partial charge in [-0.1, -0.05) is 18.7 Å². The van der Waals surface area contributed by atoms with E-state index in [0.717, 1.165) is 28.1 Å². The molecule has 0 spiro atoms. The summed E-state index contributed by atoms with van der Waals surface area (Å²) in [7, 11) is 3.20. The molecule has 1 unspecified atom stereocenters. The van der Waals surface area contributed by atoms with Crippen molar-refractivity contribution in [3.05, 3.63) is 78.1 Å². The highest BCUT2D eigenvalue weighted by Crippen LogP contribution is 2.42. The fourth-order valence-corrected chi connectivity index (χ4v) is 4.43. The van der Waals surface area contributed by atoms with Crippen molar-refractivity contribution in [3.8, 4) is 34.5 Å². The van der Waals surface area contributed by atoms with E-state index in [9.17, 15) is 4.79 Å². The number of aromatic nitrogens is 5. The number of benzene rings is 2. The van der Waals surface area contributed by atoms with Crippen LogP contribution in [0.15, 0.2) is 61.3 Å². The molecule has 3 heterocycles. The van der Waals surface area contributed by atoms with Crippen LogP contribution in [0.25, 0.3) is 17.2 Å². The molecule has 1 N–H and O–H groups in total. The van der Waals surface area contributed by atoms with Crippen LogP contribution in [0, 0.1) is 6.92 Å². The second-order valence-electron chi connectivity index (χ2n) is 8.44. The predicted octanol–water partition coefficient (Wildman–Crippen LogP) is 4.09. The van der Waals surface area contributed by atoms with Gasteiger partial charge in [-0.05, 0) is 48.9 Å². The molecule has 2 aromatic carbocycles. The number of carbonyl (C=O) groups excluding carboxylic acids is 1. The first kappa shape index (κ1) is 24.0. The summed E-state index contributed by atoms with van der Waals surface area (Å²) in [5.74, 6) is 2.33. The number of rotatable bonds is 8. The van der Waals surface area contributed by atoms with Crippen LogP contribution in [-0.2, 0) is 4.79 Å². The molecule has 0 radical (unpaired) electrons. The number of nitrogens with zero attached hydrogens (tertiary/aromatic N) is 5. The van der Waals surface area contributed by atoms with Gasteiger partial charge in [-0.25, -0.2) is 4.98 Å². The smallest absolute Gasteiger partial charge is 0.272 e. The Kier molecular flexibility index (Phi) is 6.55. The molecular weight excluding hydrogens is 472 g/mol. The first-order valence-electron chi connectivity index (χ1n) is 11.7. The van der Waals surface area contributed by atoms with Crippen molar-refractivity contribution >= 4 is 11.7 Å². The predicted molar refractivity (Wildman–Crippen MR) is 137 cm³/mol. The highest BCUT2D eigenvalue weighted by atomic mass is 16.5. The Labute approximate surface area is 213 Å². The van der Waals surface area contributed by atoms with Crippen molar-refractivity contribution < 1.29 is 19.0 Å². The maximum Gasteiger partial charge on any atom is 0.272 e. The zero-order valence-electron chi connectivity index (χ0n) is 20.8. The van der Waals surface area contributed by atoms with Crippen LogP contribution in [0.1, 0.15) is 29.2 Å². The Morgan fingerprint density at radius 1 is 1.14 bits per heavy atom. The number of fused-ring (bicyclic) bond motifs is 1. The summed E-state index contributed by atoms with van der Waals surface area (Å²) < 4.78 is 18.0. The Morgan fingerprint density at radius 2 is 1.95 bits per heavy atom. The molecule has 2 aromatic heterocycles. The van der Waals surface area contributed by atoms with Crippen LogP contribution >= 0.6 is 0 Å². The molecule has 4 aromatic rings. The van der Waals surface area contributed by atoms with E-state index in [1.807, 2.05) is 49.4 Å². The number of hydrogen-bond acceptors (Lipinski definition) is 8. The number of amides is 1. The number of hydrogen-bond donors (Lipinski definition) is 1. The van der Waals surface area contributed by atoms with Crippen molar-refractivity contribution in [1.82, 2.24) is 25.0 Å². The topological polar surface area (TPSA) is 113 Å². The lowest BCUT2D eigenvalue weighted by Gasteiger charge is -2.25. The lowest BCUT2D eigenvalue weighted by atomic mass is 9.85. The zero-order chi connectivity index (χ0) is 25.9. The SMILES string of the molecule is C=CCOc1cc(C2CC(=O)Nc3c2c(C)nn3-c2nncc(-c3ccc(OC)cc3)n2)ccc1OC. The van der Waals surface area contributed by atoms with E-state index in [1.54, 1.807) is 26.5 Å². The van der Waals surface area contributed by atoms with Gasteiger partial charge >= 0.3 is 0 Å². The van der Waals surface area contributed by atoms with Crippen LogP contribution < -0.4 is 19.5 Å². The standard InChI is InChI=1S/C27H26N6O4/c1-5-12-37-23-13-18(8-11-22(23)36-4)20-14-24(34)30-26-25(20)16(2)32-33(26)27-29-21(15-28-31-27)17-6-9-19(35-3)10-7-17/h5-11,13,15,20H,1,12,14H2,2-4H3,(H,30,34). The Balaban J connectivity index is 1.56. The molecule has 0 bridgehead atoms. The third-order valence-corrected chi connectivity index (χ3v) is 6.17. The molecule has 0 saturated heterocycles. The highest BCUT2D eigenvalue weighted by Gasteiger charge is 2.34. The summed E-state index contributed by atoms with van der Waals surface area (Å²) in [6.07, 6.45) is 3.51. The first-order chi connectivity index (χ1) is 18.0. The van der Waals surface area contributed by atoms with E-state index in [0.29, 0.717) is 29.6 Å². The Bertz CT molecular complexity index is 1460. The van der Waals surface area contributed by atoms with Gasteiger partial charge in [0.05, 0.1) is 31.8 Å². The number of carbonyl (C=O) groups is 1. The second-order valence-corrected chi connectivity index (χ2v) is 8.44. The number of anilines is 1. The number of nitrogens with one attached hydrogen (secondary N) is 1. The molecular formula is C27H26N6O4. The van der Waals surface area contributed by atoms with Gasteiger partial charge in [0, 0.05) is 23.5 Å². The minimum atomic E-state index is -0.243. The van der Waals surface area contributed by atoms with Gasteiger partial charge in [-0.2, -0.15) is 14.9 Å². The monoisotopic (exact) mass is 498 g/mol. The average Bonchev–Trinajstić information content (AvgIpc) is 3.27. The number of aryl methyl sites for hydroxylation is 1. The van der Waals surface area contributed by atoms with Crippen LogP contribution in [0.4, 0.5) is 5.82 Å². The average molecular weight is 499 g/mol. The van der Waals surface area contributed by atoms with Crippen LogP contribution in [0.2, 0.25) is 0 Å². The van der Waals surface area contributed by atoms with Gasteiger partial charge < -0.3 is 19.5 Å². The molecule has 0 fully saturated rings. The van der Waals surface area contributed by atoms with E-state index in [1.165, 1.54) is 4.68 Å². The molecule has 10 nitrogen and oxygen atoms in total. The molecule has 37 heavy (non-hydrogen) atoms. The van der Waals surface area contributed by atoms with E-state index < -0.39 is 0 Å². The summed E-state index contributed by atoms with van der Waals surface area (Å²) in [5.41, 5.74) is 4.01. The van der Waals surface area contributed by atoms with Crippen LogP contribution in [-0.4, -0.2) is 51.7 Å². The van der Waals surface area contributed by atoms with Crippen molar-refractivity contribution in [2.45, 2.75) is 19.3 Å². The summed E-state index contributed by atoms with van der Waals surface area (Å²) in [6.45, 7) is 5.94. The Morgan fingerprint density at radius 3 is 2.68 bits per heavy atom. The molecule has 1 amide bonds. The van der Waals surface area contributed by atoms with Crippen molar-refractivity contribution in [2.75, 3.05) is 26.1 Å². The fraction of sp³-hybridized carbons (Fsp3) is 0.222. The maximum atomic E-state index is 12.8. The van der Waals surface area contributed by atoms with E-state index >= 15 is 0 Å². The molecule has 1 atom stereocenters. The summed E-state index contributed by atoms with van der Waals surface area (Å²) in [5, 5.41) is 16.0. The molecule has 1 aliphatic heterocycles. The normalized spacial score (nSPS) is 14.5. The van der Waals surface area contributed by atoms with Gasteiger partial charge in [-0.3, -0.25) is 4.79 Å². The van der Waals surface area contributed by atoms with Gasteiger partial charge in [-0.15, -0.1) is 5.10 Å². The summed E-state index contributed by atoms with van der Waals surface area (Å²) >= 11 is 0.